The van der Waals surface area contributed by atoms with E-state index in [9.17, 15) is 8.78 Å². The van der Waals surface area contributed by atoms with Crippen LogP contribution in [0.25, 0.3) is 0 Å². The molecule has 1 fully saturated rings. The summed E-state index contributed by atoms with van der Waals surface area (Å²) in [6.07, 6.45) is 13.3. The molecule has 0 unspecified atom stereocenters. The Bertz CT molecular complexity index is 556. The van der Waals surface area contributed by atoms with Gasteiger partial charge in [0.05, 0.1) is 0 Å². The van der Waals surface area contributed by atoms with Crippen molar-refractivity contribution in [3.05, 3.63) is 42.0 Å². The molecule has 1 saturated carbocycles. The maximum Gasteiger partial charge on any atom is 0.419 e. The molecule has 1 aliphatic rings. The molecule has 1 aromatic rings. The number of halogens is 2. The van der Waals surface area contributed by atoms with E-state index in [1.165, 1.54) is 56.9 Å². The number of allylic oxidation sites excluding steroid dienone is 1. The van der Waals surface area contributed by atoms with Crippen LogP contribution >= 0.6 is 0 Å². The summed E-state index contributed by atoms with van der Waals surface area (Å²) in [4.78, 5) is 0. The summed E-state index contributed by atoms with van der Waals surface area (Å²) in [5, 5.41) is 0. The monoisotopic (exact) mass is 392 g/mol. The van der Waals surface area contributed by atoms with Gasteiger partial charge in [-0.15, -0.1) is 0 Å². The number of aryl methyl sites for hydroxylation is 1. The summed E-state index contributed by atoms with van der Waals surface area (Å²) in [5.41, 5.74) is 1.17. The van der Waals surface area contributed by atoms with Crippen LogP contribution < -0.4 is 4.74 Å². The highest BCUT2D eigenvalue weighted by Crippen LogP contribution is 2.34. The van der Waals surface area contributed by atoms with Crippen LogP contribution in [0.15, 0.2) is 36.4 Å². The number of alkyl halides is 2. The average Bonchev–Trinajstić information content (AvgIpc) is 2.68. The van der Waals surface area contributed by atoms with Crippen molar-refractivity contribution < 1.29 is 13.5 Å². The van der Waals surface area contributed by atoms with Gasteiger partial charge in [-0.2, -0.15) is 8.78 Å². The van der Waals surface area contributed by atoms with Gasteiger partial charge in [-0.25, -0.2) is 0 Å². The van der Waals surface area contributed by atoms with Crippen molar-refractivity contribution in [1.82, 2.24) is 0 Å². The molecule has 2 rings (SSSR count). The van der Waals surface area contributed by atoms with E-state index in [0.717, 1.165) is 31.3 Å². The summed E-state index contributed by atoms with van der Waals surface area (Å²) in [6, 6.07) is 7.08. The quantitative estimate of drug-likeness (QED) is 0.256. The number of unbranched alkanes of at least 4 members (excludes halogenated alkanes) is 2. The van der Waals surface area contributed by atoms with Gasteiger partial charge in [-0.1, -0.05) is 83.4 Å². The van der Waals surface area contributed by atoms with Crippen molar-refractivity contribution in [3.63, 3.8) is 0 Å². The largest absolute Gasteiger partial charge is 0.429 e. The van der Waals surface area contributed by atoms with E-state index in [1.54, 1.807) is 18.2 Å². The Balaban J connectivity index is 1.69. The molecule has 1 aliphatic carbocycles. The van der Waals surface area contributed by atoms with Crippen LogP contribution in [0.1, 0.15) is 90.0 Å². The van der Waals surface area contributed by atoms with Crippen LogP contribution in [0.3, 0.4) is 0 Å². The predicted octanol–water partition coefficient (Wildman–Crippen LogP) is 8.33. The molecule has 3 heteroatoms. The van der Waals surface area contributed by atoms with Crippen molar-refractivity contribution in [3.8, 4) is 5.75 Å². The molecule has 0 saturated heterocycles. The molecule has 0 bridgehead atoms. The van der Waals surface area contributed by atoms with E-state index in [4.69, 9.17) is 4.74 Å². The second kappa shape index (κ2) is 12.2. The van der Waals surface area contributed by atoms with Gasteiger partial charge in [0.2, 0.25) is 0 Å². The molecule has 0 radical (unpaired) electrons. The Morgan fingerprint density at radius 3 is 2.18 bits per heavy atom. The summed E-state index contributed by atoms with van der Waals surface area (Å²) in [7, 11) is 0. The fraction of sp³-hybridized carbons (Fsp3) is 0.680. The molecular weight excluding hydrogens is 354 g/mol. The zero-order chi connectivity index (χ0) is 20.2. The van der Waals surface area contributed by atoms with Gasteiger partial charge < -0.3 is 4.74 Å². The Hall–Kier alpha value is -1.38. The summed E-state index contributed by atoms with van der Waals surface area (Å²) in [5.74, 6) is 1.82. The normalized spacial score (nSPS) is 20.6. The van der Waals surface area contributed by atoms with E-state index in [2.05, 4.69) is 13.8 Å². The Morgan fingerprint density at radius 2 is 1.57 bits per heavy atom. The smallest absolute Gasteiger partial charge is 0.419 e. The maximum atomic E-state index is 14.1. The van der Waals surface area contributed by atoms with Gasteiger partial charge in [0.25, 0.3) is 0 Å². The molecule has 0 N–H and O–H groups in total. The van der Waals surface area contributed by atoms with E-state index < -0.39 is 6.11 Å². The lowest BCUT2D eigenvalue weighted by molar-refractivity contribution is -0.131. The van der Waals surface area contributed by atoms with Crippen molar-refractivity contribution in [2.75, 3.05) is 0 Å². The highest BCUT2D eigenvalue weighted by Gasteiger charge is 2.27. The predicted molar refractivity (Wildman–Crippen MR) is 114 cm³/mol. The van der Waals surface area contributed by atoms with Crippen LogP contribution in [0.5, 0.6) is 5.75 Å². The second-order valence-electron chi connectivity index (χ2n) is 8.42. The third-order valence-electron chi connectivity index (χ3n) is 5.96. The molecule has 1 nitrogen and oxygen atoms in total. The van der Waals surface area contributed by atoms with Crippen LogP contribution in [0.4, 0.5) is 8.78 Å². The van der Waals surface area contributed by atoms with Gasteiger partial charge in [-0.3, -0.25) is 0 Å². The number of hydrogen-bond donors (Lipinski definition) is 0. The van der Waals surface area contributed by atoms with Crippen molar-refractivity contribution in [2.24, 2.45) is 11.8 Å². The van der Waals surface area contributed by atoms with Gasteiger partial charge in [0, 0.05) is 6.08 Å². The van der Waals surface area contributed by atoms with Crippen LogP contribution in [0, 0.1) is 11.8 Å². The summed E-state index contributed by atoms with van der Waals surface area (Å²) >= 11 is 0. The molecule has 158 valence electrons. The standard InChI is InChI=1S/C25H38F2O/c1-3-5-6-10-23-16-18-24(19-17-23)28-25(26,27)20-8-7-11-22-14-12-21(9-4-2)13-15-22/h8,16-22H,3-7,9-15H2,1-2H3/b20-8+. The zero-order valence-corrected chi connectivity index (χ0v) is 17.8. The average molecular weight is 393 g/mol. The fourth-order valence-corrected chi connectivity index (χ4v) is 4.26. The van der Waals surface area contributed by atoms with Crippen LogP contribution in [-0.4, -0.2) is 6.11 Å². The van der Waals surface area contributed by atoms with Crippen molar-refractivity contribution in [1.29, 1.82) is 0 Å². The minimum Gasteiger partial charge on any atom is -0.429 e. The van der Waals surface area contributed by atoms with Gasteiger partial charge in [0.1, 0.15) is 5.75 Å². The van der Waals surface area contributed by atoms with E-state index in [-0.39, 0.29) is 5.75 Å². The van der Waals surface area contributed by atoms with Crippen LogP contribution in [0.2, 0.25) is 0 Å². The third-order valence-corrected chi connectivity index (χ3v) is 5.96. The highest BCUT2D eigenvalue weighted by atomic mass is 19.3. The zero-order valence-electron chi connectivity index (χ0n) is 17.8. The fourth-order valence-electron chi connectivity index (χ4n) is 4.26. The van der Waals surface area contributed by atoms with E-state index >= 15 is 0 Å². The van der Waals surface area contributed by atoms with E-state index in [1.807, 2.05) is 12.1 Å². The first-order chi connectivity index (χ1) is 13.5. The Kier molecular flexibility index (Phi) is 10.0. The molecule has 0 amide bonds. The topological polar surface area (TPSA) is 9.23 Å². The molecule has 1 aromatic carbocycles. The lowest BCUT2D eigenvalue weighted by atomic mass is 9.78. The molecular formula is C25H38F2O. The molecule has 0 aliphatic heterocycles. The molecule has 0 aromatic heterocycles. The van der Waals surface area contributed by atoms with Crippen molar-refractivity contribution in [2.45, 2.75) is 97.0 Å². The second-order valence-corrected chi connectivity index (χ2v) is 8.42. The minimum atomic E-state index is -3.25. The Morgan fingerprint density at radius 1 is 0.929 bits per heavy atom. The van der Waals surface area contributed by atoms with Gasteiger partial charge in [0.15, 0.2) is 0 Å². The summed E-state index contributed by atoms with van der Waals surface area (Å²) < 4.78 is 33.0. The first-order valence-corrected chi connectivity index (χ1v) is 11.4. The molecule has 0 spiro atoms. The molecule has 0 atom stereocenters. The number of rotatable bonds is 12. The SMILES string of the molecule is CCCCCc1ccc(OC(F)(F)/C=C/CCC2CCC(CCC)CC2)cc1. The minimum absolute atomic E-state index is 0.225. The maximum absolute atomic E-state index is 14.1. The summed E-state index contributed by atoms with van der Waals surface area (Å²) in [6.45, 7) is 4.42. The molecule has 0 heterocycles. The van der Waals surface area contributed by atoms with Crippen LogP contribution in [-0.2, 0) is 6.42 Å². The van der Waals surface area contributed by atoms with Crippen molar-refractivity contribution >= 4 is 0 Å². The third kappa shape index (κ3) is 8.75. The first kappa shape index (κ1) is 22.9. The van der Waals surface area contributed by atoms with E-state index in [0.29, 0.717) is 12.3 Å². The number of hydrogen-bond acceptors (Lipinski definition) is 1. The molecule has 28 heavy (non-hydrogen) atoms. The lowest BCUT2D eigenvalue weighted by Gasteiger charge is -2.28. The van der Waals surface area contributed by atoms with Gasteiger partial charge in [-0.05, 0) is 55.2 Å². The highest BCUT2D eigenvalue weighted by molar-refractivity contribution is 5.28. The number of ether oxygens (including phenoxy) is 1. The lowest BCUT2D eigenvalue weighted by Crippen LogP contribution is -2.21. The Labute approximate surface area is 170 Å². The van der Waals surface area contributed by atoms with Gasteiger partial charge >= 0.3 is 6.11 Å². The first-order valence-electron chi connectivity index (χ1n) is 11.4. The number of benzene rings is 1.